The molecule has 270 valence electrons. The highest BCUT2D eigenvalue weighted by Gasteiger charge is 2.56. The molecule has 11 rings (SSSR count). The molecule has 4 N–H and O–H groups in total. The third-order valence-electron chi connectivity index (χ3n) is 13.2. The molecule has 53 heavy (non-hydrogen) atoms. The van der Waals surface area contributed by atoms with E-state index in [-0.39, 0.29) is 46.7 Å². The fourth-order valence-corrected chi connectivity index (χ4v) is 11.5. The van der Waals surface area contributed by atoms with E-state index in [9.17, 15) is 19.5 Å². The highest BCUT2D eigenvalue weighted by molar-refractivity contribution is 6.03. The zero-order valence-electron chi connectivity index (χ0n) is 29.7. The monoisotopic (exact) mass is 707 g/mol. The molecule has 8 heteroatoms. The van der Waals surface area contributed by atoms with Crippen LogP contribution in [0.2, 0.25) is 0 Å². The standard InChI is InChI=1S/C45H45N3O5/c49-41(47-35-17-9-8-16-34(35)44(52)53)36(21-26-10-2-1-3-11-26)48-43(51)40-38-32-14-6-4-12-30(32)37(31-13-5-7-15-33(31)38)39(40)42(50)46-25-45-22-27-18-28(23-45)20-29(19-27)24-45/h1-17,27-29,36-40H,18-25H2,(H,46,50)(H,47,49)(H,48,51)(H,52,53)/t27?,28?,29?,36-,37?,38?,39?,40?,45?/m0/s1. The summed E-state index contributed by atoms with van der Waals surface area (Å²) in [6, 6.07) is 31.0. The second kappa shape index (κ2) is 13.3. The summed E-state index contributed by atoms with van der Waals surface area (Å²) in [7, 11) is 0. The minimum absolute atomic E-state index is 0.0424. The average Bonchev–Trinajstić information content (AvgIpc) is 3.16. The molecule has 0 aromatic heterocycles. The zero-order valence-corrected chi connectivity index (χ0v) is 29.7. The SMILES string of the molecule is O=C(O)c1ccccc1NC(=O)[C@H](Cc1ccccc1)NC(=O)C1C2c3ccccc3C(c3ccccc32)C1C(=O)NCC12CC3CC(CC(C3)C1)C2. The van der Waals surface area contributed by atoms with E-state index in [1.165, 1.54) is 44.6 Å². The molecular formula is C45H45N3O5. The molecule has 4 saturated carbocycles. The van der Waals surface area contributed by atoms with Crippen LogP contribution in [-0.2, 0) is 20.8 Å². The molecule has 4 aromatic rings. The Morgan fingerprint density at radius 2 is 1.13 bits per heavy atom. The van der Waals surface area contributed by atoms with Crippen LogP contribution in [0.25, 0.3) is 0 Å². The fourth-order valence-electron chi connectivity index (χ4n) is 11.5. The molecule has 0 heterocycles. The summed E-state index contributed by atoms with van der Waals surface area (Å²) in [5.41, 5.74) is 5.33. The molecule has 3 amide bonds. The smallest absolute Gasteiger partial charge is 0.337 e. The maximum absolute atomic E-state index is 15.0. The minimum Gasteiger partial charge on any atom is -0.478 e. The molecular weight excluding hydrogens is 663 g/mol. The van der Waals surface area contributed by atoms with Crippen molar-refractivity contribution in [2.75, 3.05) is 11.9 Å². The Kier molecular flexibility index (Phi) is 8.44. The lowest BCUT2D eigenvalue weighted by Crippen LogP contribution is -2.57. The Morgan fingerprint density at radius 3 is 1.68 bits per heavy atom. The molecule has 4 aromatic carbocycles. The van der Waals surface area contributed by atoms with Gasteiger partial charge in [-0.1, -0.05) is 91.0 Å². The summed E-state index contributed by atoms with van der Waals surface area (Å²) < 4.78 is 0. The number of carbonyl (C=O) groups is 4. The molecule has 6 bridgehead atoms. The van der Waals surface area contributed by atoms with Crippen molar-refractivity contribution in [3.8, 4) is 0 Å². The van der Waals surface area contributed by atoms with Crippen LogP contribution >= 0.6 is 0 Å². The highest BCUT2D eigenvalue weighted by atomic mass is 16.4. The quantitative estimate of drug-likeness (QED) is 0.143. The minimum atomic E-state index is -1.16. The first-order valence-corrected chi connectivity index (χ1v) is 19.2. The van der Waals surface area contributed by atoms with Gasteiger partial charge < -0.3 is 21.1 Å². The number of para-hydroxylation sites is 1. The largest absolute Gasteiger partial charge is 0.478 e. The second-order valence-electron chi connectivity index (χ2n) is 16.5. The number of amides is 3. The van der Waals surface area contributed by atoms with E-state index in [0.717, 1.165) is 45.6 Å². The Bertz CT molecular complexity index is 2010. The lowest BCUT2D eigenvalue weighted by atomic mass is 9.49. The average molecular weight is 708 g/mol. The lowest BCUT2D eigenvalue weighted by molar-refractivity contribution is -0.139. The van der Waals surface area contributed by atoms with Crippen molar-refractivity contribution in [3.63, 3.8) is 0 Å². The maximum atomic E-state index is 15.0. The maximum Gasteiger partial charge on any atom is 0.337 e. The van der Waals surface area contributed by atoms with Crippen LogP contribution in [0, 0.1) is 35.0 Å². The van der Waals surface area contributed by atoms with E-state index in [1.54, 1.807) is 18.2 Å². The van der Waals surface area contributed by atoms with Gasteiger partial charge in [0.25, 0.3) is 0 Å². The first-order chi connectivity index (χ1) is 25.8. The zero-order chi connectivity index (χ0) is 36.3. The molecule has 0 spiro atoms. The van der Waals surface area contributed by atoms with Gasteiger partial charge >= 0.3 is 5.97 Å². The van der Waals surface area contributed by atoms with Gasteiger partial charge in [0.1, 0.15) is 6.04 Å². The fraction of sp³-hybridized carbons (Fsp3) is 0.378. The van der Waals surface area contributed by atoms with Crippen molar-refractivity contribution in [2.24, 2.45) is 35.0 Å². The summed E-state index contributed by atoms with van der Waals surface area (Å²) in [5, 5.41) is 19.1. The Morgan fingerprint density at radius 1 is 0.642 bits per heavy atom. The van der Waals surface area contributed by atoms with Crippen LogP contribution in [-0.4, -0.2) is 41.4 Å². The normalized spacial score (nSPS) is 29.0. The number of carboxylic acid groups (broad SMARTS) is 1. The Hall–Kier alpha value is -5.24. The molecule has 0 saturated heterocycles. The number of aromatic carboxylic acids is 1. The molecule has 2 unspecified atom stereocenters. The molecule has 7 aliphatic carbocycles. The number of hydrogen-bond donors (Lipinski definition) is 4. The topological polar surface area (TPSA) is 125 Å². The number of carboxylic acids is 1. The molecule has 8 nitrogen and oxygen atoms in total. The molecule has 0 radical (unpaired) electrons. The summed E-state index contributed by atoms with van der Waals surface area (Å²) in [6.07, 6.45) is 7.69. The number of benzene rings is 4. The van der Waals surface area contributed by atoms with E-state index < -0.39 is 29.8 Å². The van der Waals surface area contributed by atoms with Crippen LogP contribution in [0.1, 0.15) is 88.5 Å². The number of hydrogen-bond acceptors (Lipinski definition) is 4. The summed E-state index contributed by atoms with van der Waals surface area (Å²) in [4.78, 5) is 55.9. The van der Waals surface area contributed by atoms with E-state index in [2.05, 4.69) is 40.2 Å². The van der Waals surface area contributed by atoms with Gasteiger partial charge in [-0.25, -0.2) is 4.79 Å². The number of anilines is 1. The van der Waals surface area contributed by atoms with Gasteiger partial charge in [-0.2, -0.15) is 0 Å². The van der Waals surface area contributed by atoms with E-state index in [0.29, 0.717) is 6.54 Å². The number of nitrogens with one attached hydrogen (secondary N) is 3. The first kappa shape index (κ1) is 33.6. The molecule has 7 aliphatic rings. The van der Waals surface area contributed by atoms with Gasteiger partial charge in [-0.3, -0.25) is 14.4 Å². The van der Waals surface area contributed by atoms with Crippen molar-refractivity contribution in [2.45, 2.75) is 62.8 Å². The van der Waals surface area contributed by atoms with E-state index in [4.69, 9.17) is 0 Å². The number of fused-ring (bicyclic) bond motifs is 1. The third kappa shape index (κ3) is 6.02. The summed E-state index contributed by atoms with van der Waals surface area (Å²) >= 11 is 0. The molecule has 0 aliphatic heterocycles. The van der Waals surface area contributed by atoms with Crippen LogP contribution in [0.4, 0.5) is 5.69 Å². The second-order valence-corrected chi connectivity index (χ2v) is 16.5. The van der Waals surface area contributed by atoms with Crippen LogP contribution in [0.15, 0.2) is 103 Å². The van der Waals surface area contributed by atoms with Gasteiger partial charge in [0.15, 0.2) is 0 Å². The van der Waals surface area contributed by atoms with Gasteiger partial charge in [-0.15, -0.1) is 0 Å². The van der Waals surface area contributed by atoms with Gasteiger partial charge in [0.2, 0.25) is 17.7 Å². The van der Waals surface area contributed by atoms with Crippen molar-refractivity contribution < 1.29 is 24.3 Å². The summed E-state index contributed by atoms with van der Waals surface area (Å²) in [5.74, 6) is -2.00. The lowest BCUT2D eigenvalue weighted by Gasteiger charge is -2.57. The third-order valence-corrected chi connectivity index (χ3v) is 13.2. The van der Waals surface area contributed by atoms with Crippen molar-refractivity contribution in [3.05, 3.63) is 137 Å². The van der Waals surface area contributed by atoms with Crippen LogP contribution in [0.5, 0.6) is 0 Å². The Labute approximate surface area is 309 Å². The van der Waals surface area contributed by atoms with Gasteiger partial charge in [-0.05, 0) is 102 Å². The highest BCUT2D eigenvalue weighted by Crippen LogP contribution is 2.61. The molecule has 3 atom stereocenters. The molecule has 4 fully saturated rings. The van der Waals surface area contributed by atoms with E-state index >= 15 is 4.79 Å². The van der Waals surface area contributed by atoms with Gasteiger partial charge in [0.05, 0.1) is 23.1 Å². The van der Waals surface area contributed by atoms with Crippen LogP contribution in [0.3, 0.4) is 0 Å². The van der Waals surface area contributed by atoms with Gasteiger partial charge in [0, 0.05) is 24.8 Å². The van der Waals surface area contributed by atoms with E-state index in [1.807, 2.05) is 54.6 Å². The van der Waals surface area contributed by atoms with Crippen molar-refractivity contribution in [1.29, 1.82) is 0 Å². The van der Waals surface area contributed by atoms with Crippen LogP contribution < -0.4 is 16.0 Å². The van der Waals surface area contributed by atoms with Crippen molar-refractivity contribution >= 4 is 29.4 Å². The predicted octanol–water partition coefficient (Wildman–Crippen LogP) is 6.91. The van der Waals surface area contributed by atoms with Crippen molar-refractivity contribution in [1.82, 2.24) is 10.6 Å². The summed E-state index contributed by atoms with van der Waals surface area (Å²) in [6.45, 7) is 0.642. The predicted molar refractivity (Wildman–Crippen MR) is 201 cm³/mol. The first-order valence-electron chi connectivity index (χ1n) is 19.2. The Balaban J connectivity index is 1.06. The number of rotatable bonds is 10. The number of carbonyl (C=O) groups excluding carboxylic acids is 3.